The van der Waals surface area contributed by atoms with Gasteiger partial charge < -0.3 is 13.9 Å². The molecule has 0 bridgehead atoms. The maximum absolute atomic E-state index is 6.84. The Morgan fingerprint density at radius 1 is 0.741 bits per heavy atom. The Balaban J connectivity index is 1.31. The average molecular weight is 721 g/mol. The number of aromatic nitrogens is 1. The molecule has 11 rings (SSSR count). The zero-order valence-corrected chi connectivity index (χ0v) is 33.3. The lowest BCUT2D eigenvalue weighted by molar-refractivity contribution is 0.479. The quantitative estimate of drug-likeness (QED) is 0.166. The summed E-state index contributed by atoms with van der Waals surface area (Å²) in [6.45, 7) is 19.1. The molecule has 0 fully saturated rings. The average Bonchev–Trinajstić information content (AvgIpc) is 3.81. The third kappa shape index (κ3) is 4.31. The van der Waals surface area contributed by atoms with Gasteiger partial charge in [-0.05, 0) is 87.4 Å². The molecule has 1 atom stereocenters. The molecule has 1 unspecified atom stereocenters. The molecule has 266 valence electrons. The molecule has 0 saturated heterocycles. The van der Waals surface area contributed by atoms with Crippen molar-refractivity contribution in [2.45, 2.75) is 79.0 Å². The maximum Gasteiger partial charge on any atom is 0.226 e. The number of furan rings is 1. The third-order valence-electron chi connectivity index (χ3n) is 12.8. The van der Waals surface area contributed by atoms with Crippen LogP contribution in [0.2, 0.25) is 0 Å². The first-order valence-corrected chi connectivity index (χ1v) is 20.5. The highest BCUT2D eigenvalue weighted by molar-refractivity contribution is 7.25. The van der Waals surface area contributed by atoms with E-state index in [1.165, 1.54) is 70.7 Å². The summed E-state index contributed by atoms with van der Waals surface area (Å²) in [5, 5.41) is 5.11. The van der Waals surface area contributed by atoms with E-state index in [0.717, 1.165) is 34.0 Å². The largest absolute Gasteiger partial charge is 0.454 e. The van der Waals surface area contributed by atoms with Gasteiger partial charge in [-0.15, -0.1) is 11.3 Å². The Hall–Kier alpha value is -5.00. The molecule has 5 heteroatoms. The van der Waals surface area contributed by atoms with Gasteiger partial charge in [0.2, 0.25) is 6.71 Å². The van der Waals surface area contributed by atoms with Crippen LogP contribution in [0.3, 0.4) is 0 Å². The Bertz CT molecular complexity index is 2940. The van der Waals surface area contributed by atoms with Crippen LogP contribution >= 0.6 is 11.3 Å². The smallest absolute Gasteiger partial charge is 0.226 e. The third-order valence-corrected chi connectivity index (χ3v) is 13.9. The lowest BCUT2D eigenvalue weighted by Gasteiger charge is -2.46. The number of thiophene rings is 1. The van der Waals surface area contributed by atoms with Crippen LogP contribution in [0.1, 0.15) is 95.9 Å². The van der Waals surface area contributed by atoms with Crippen molar-refractivity contribution < 1.29 is 4.42 Å². The molecule has 0 spiro atoms. The van der Waals surface area contributed by atoms with E-state index in [9.17, 15) is 0 Å². The Kier molecular flexibility index (Phi) is 6.50. The van der Waals surface area contributed by atoms with Crippen LogP contribution in [-0.4, -0.2) is 11.3 Å². The van der Waals surface area contributed by atoms with E-state index >= 15 is 0 Å². The minimum atomic E-state index is -0.00980. The van der Waals surface area contributed by atoms with Crippen molar-refractivity contribution in [2.75, 3.05) is 4.90 Å². The van der Waals surface area contributed by atoms with Gasteiger partial charge in [0, 0.05) is 54.6 Å². The topological polar surface area (TPSA) is 21.3 Å². The van der Waals surface area contributed by atoms with Gasteiger partial charge in [-0.25, -0.2) is 0 Å². The van der Waals surface area contributed by atoms with Crippen molar-refractivity contribution in [3.63, 3.8) is 0 Å². The molecule has 2 aliphatic heterocycles. The van der Waals surface area contributed by atoms with Crippen LogP contribution in [0.15, 0.2) is 107 Å². The fourth-order valence-corrected chi connectivity index (χ4v) is 11.2. The monoisotopic (exact) mass is 720 g/mol. The first-order valence-electron chi connectivity index (χ1n) is 19.7. The van der Waals surface area contributed by atoms with Crippen molar-refractivity contribution >= 4 is 94.4 Å². The number of anilines is 3. The molecule has 0 N–H and O–H groups in total. The van der Waals surface area contributed by atoms with Crippen LogP contribution in [0.5, 0.6) is 0 Å². The lowest BCUT2D eigenvalue weighted by Crippen LogP contribution is -2.58. The van der Waals surface area contributed by atoms with Gasteiger partial charge in [-0.3, -0.25) is 0 Å². The first kappa shape index (κ1) is 32.4. The van der Waals surface area contributed by atoms with Gasteiger partial charge in [0.05, 0.1) is 5.69 Å². The summed E-state index contributed by atoms with van der Waals surface area (Å²) in [7, 11) is 0. The number of hydrogen-bond acceptors (Lipinski definition) is 3. The molecule has 0 radical (unpaired) electrons. The number of nitrogens with zero attached hydrogens (tertiary/aromatic N) is 2. The Morgan fingerprint density at radius 2 is 1.48 bits per heavy atom. The summed E-state index contributed by atoms with van der Waals surface area (Å²) in [4.78, 5) is 3.95. The predicted molar refractivity (Wildman–Crippen MR) is 233 cm³/mol. The summed E-state index contributed by atoms with van der Waals surface area (Å²) in [6.07, 6.45) is 3.63. The van der Waals surface area contributed by atoms with Crippen molar-refractivity contribution in [3.05, 3.63) is 125 Å². The number of allylic oxidation sites excluding steroid dienone is 1. The molecular formula is C49H45BN2OS. The standard InChI is InChI=1S/C49H45BN2OS/c1-27(2)28-22-39-44-40(23-28)52-45-34(43-33-15-10-12-19-42(33)54-47(43)52)24-30(49(6,7)8)25-36(45)50(44)35-21-20-29(48(3,4)5)26-38(35)51(39)37-17-13-16-32-31-14-9-11-18-41(31)53-46(32)37/h9-24,26-27,36H,25H2,1-8H3. The van der Waals surface area contributed by atoms with Crippen LogP contribution in [0, 0.1) is 5.41 Å². The fourth-order valence-electron chi connectivity index (χ4n) is 9.93. The van der Waals surface area contributed by atoms with Gasteiger partial charge in [0.25, 0.3) is 0 Å². The minimum absolute atomic E-state index is 0.00980. The van der Waals surface area contributed by atoms with Crippen molar-refractivity contribution in [1.82, 2.24) is 4.57 Å². The van der Waals surface area contributed by atoms with Gasteiger partial charge in [-0.2, -0.15) is 0 Å². The van der Waals surface area contributed by atoms with Crippen LogP contribution < -0.4 is 15.8 Å². The van der Waals surface area contributed by atoms with Crippen LogP contribution in [-0.2, 0) is 5.41 Å². The van der Waals surface area contributed by atoms with E-state index in [0.29, 0.717) is 11.7 Å². The van der Waals surface area contributed by atoms with Gasteiger partial charge >= 0.3 is 0 Å². The van der Waals surface area contributed by atoms with E-state index in [1.807, 2.05) is 11.3 Å². The molecule has 5 heterocycles. The lowest BCUT2D eigenvalue weighted by atomic mass is 9.29. The molecule has 0 saturated carbocycles. The molecule has 3 aliphatic rings. The second-order valence-electron chi connectivity index (χ2n) is 18.4. The summed E-state index contributed by atoms with van der Waals surface area (Å²) in [5.74, 6) is 0.655. The van der Waals surface area contributed by atoms with E-state index < -0.39 is 0 Å². The van der Waals surface area contributed by atoms with Crippen molar-refractivity contribution in [3.8, 4) is 5.69 Å². The summed E-state index contributed by atoms with van der Waals surface area (Å²) in [6, 6.07) is 36.7. The van der Waals surface area contributed by atoms with E-state index in [2.05, 4.69) is 168 Å². The van der Waals surface area contributed by atoms with Gasteiger partial charge in [0.15, 0.2) is 5.58 Å². The fraction of sp³-hybridized carbons (Fsp3) is 0.265. The first-order chi connectivity index (χ1) is 25.9. The van der Waals surface area contributed by atoms with E-state index in [-0.39, 0.29) is 17.5 Å². The second-order valence-corrected chi connectivity index (χ2v) is 19.4. The van der Waals surface area contributed by atoms with Gasteiger partial charge in [0.1, 0.15) is 10.4 Å². The highest BCUT2D eigenvalue weighted by Crippen LogP contribution is 2.55. The Morgan fingerprint density at radius 3 is 2.26 bits per heavy atom. The Labute approximate surface area is 322 Å². The van der Waals surface area contributed by atoms with E-state index in [4.69, 9.17) is 4.42 Å². The minimum Gasteiger partial charge on any atom is -0.454 e. The number of para-hydroxylation sites is 2. The molecule has 8 aromatic rings. The zero-order chi connectivity index (χ0) is 37.0. The van der Waals surface area contributed by atoms with Crippen LogP contribution in [0.4, 0.5) is 17.1 Å². The molecule has 1 aliphatic carbocycles. The molecule has 54 heavy (non-hydrogen) atoms. The van der Waals surface area contributed by atoms with E-state index in [1.54, 1.807) is 5.57 Å². The number of hydrogen-bond donors (Lipinski definition) is 0. The van der Waals surface area contributed by atoms with Crippen molar-refractivity contribution in [1.29, 1.82) is 0 Å². The van der Waals surface area contributed by atoms with Crippen LogP contribution in [0.25, 0.3) is 54.0 Å². The zero-order valence-electron chi connectivity index (χ0n) is 32.5. The maximum atomic E-state index is 6.84. The highest BCUT2D eigenvalue weighted by Gasteiger charge is 2.50. The number of fused-ring (bicyclic) bond motifs is 12. The SMILES string of the molecule is CC(C)c1cc2c3c(c1)-n1c4c(c5c6ccccc6sc51)C=C(C(C)(C)C)CC4B3c1ccc(C(C)(C)C)cc1N2c1cccc2c1oc1ccccc12. The number of benzene rings is 5. The molecule has 3 aromatic heterocycles. The highest BCUT2D eigenvalue weighted by atomic mass is 32.1. The molecule has 5 aromatic carbocycles. The molecule has 3 nitrogen and oxygen atoms in total. The predicted octanol–water partition coefficient (Wildman–Crippen LogP) is 13.0. The molecular weight excluding hydrogens is 675 g/mol. The summed E-state index contributed by atoms with van der Waals surface area (Å²) in [5.41, 5.74) is 17.0. The second kappa shape index (κ2) is 10.8. The summed E-state index contributed by atoms with van der Waals surface area (Å²) < 4.78 is 10.9. The summed E-state index contributed by atoms with van der Waals surface area (Å²) >= 11 is 1.96. The molecule has 0 amide bonds. The number of rotatable bonds is 2. The van der Waals surface area contributed by atoms with Crippen molar-refractivity contribution in [2.24, 2.45) is 5.41 Å². The normalized spacial score (nSPS) is 16.5. The van der Waals surface area contributed by atoms with Gasteiger partial charge in [-0.1, -0.05) is 128 Å².